The Labute approximate surface area is 123 Å². The van der Waals surface area contributed by atoms with Crippen LogP contribution >= 0.6 is 0 Å². The predicted octanol–water partition coefficient (Wildman–Crippen LogP) is 4.32. The summed E-state index contributed by atoms with van der Waals surface area (Å²) in [6, 6.07) is 5.48. The number of halogens is 3. The Morgan fingerprint density at radius 3 is 2.43 bits per heavy atom. The van der Waals surface area contributed by atoms with Crippen molar-refractivity contribution < 1.29 is 17.9 Å². The molecule has 0 amide bonds. The Hall–Kier alpha value is -1.07. The van der Waals surface area contributed by atoms with Crippen LogP contribution in [0.4, 0.5) is 13.2 Å². The Kier molecular flexibility index (Phi) is 4.94. The summed E-state index contributed by atoms with van der Waals surface area (Å²) in [5, 5.41) is 3.19. The van der Waals surface area contributed by atoms with Gasteiger partial charge in [0.1, 0.15) is 0 Å². The van der Waals surface area contributed by atoms with Gasteiger partial charge in [-0.15, -0.1) is 0 Å². The zero-order chi connectivity index (χ0) is 15.5. The highest BCUT2D eigenvalue weighted by Gasteiger charge is 2.41. The summed E-state index contributed by atoms with van der Waals surface area (Å²) >= 11 is 0. The molecule has 5 heteroatoms. The first-order chi connectivity index (χ1) is 9.92. The number of ether oxygens (including phenoxy) is 1. The van der Waals surface area contributed by atoms with Crippen molar-refractivity contribution in [3.63, 3.8) is 0 Å². The van der Waals surface area contributed by atoms with E-state index in [1.165, 1.54) is 6.07 Å². The second kappa shape index (κ2) is 6.36. The van der Waals surface area contributed by atoms with E-state index in [1.807, 2.05) is 6.92 Å². The second-order valence-corrected chi connectivity index (χ2v) is 5.64. The zero-order valence-electron chi connectivity index (χ0n) is 12.5. The van der Waals surface area contributed by atoms with Crippen LogP contribution in [0.15, 0.2) is 24.3 Å². The van der Waals surface area contributed by atoms with E-state index < -0.39 is 11.7 Å². The van der Waals surface area contributed by atoms with Gasteiger partial charge in [-0.2, -0.15) is 13.2 Å². The fraction of sp³-hybridized carbons (Fsp3) is 0.625. The van der Waals surface area contributed by atoms with Gasteiger partial charge >= 0.3 is 6.18 Å². The molecule has 0 aliphatic heterocycles. The van der Waals surface area contributed by atoms with Crippen LogP contribution in [0.1, 0.15) is 49.8 Å². The van der Waals surface area contributed by atoms with E-state index in [2.05, 4.69) is 5.32 Å². The van der Waals surface area contributed by atoms with Crippen molar-refractivity contribution in [1.29, 1.82) is 0 Å². The van der Waals surface area contributed by atoms with Crippen LogP contribution in [0.2, 0.25) is 0 Å². The summed E-state index contributed by atoms with van der Waals surface area (Å²) in [7, 11) is 1.65. The average molecular weight is 301 g/mol. The molecule has 21 heavy (non-hydrogen) atoms. The predicted molar refractivity (Wildman–Crippen MR) is 76.1 cm³/mol. The fourth-order valence-corrected chi connectivity index (χ4v) is 3.03. The minimum absolute atomic E-state index is 0.272. The van der Waals surface area contributed by atoms with Crippen molar-refractivity contribution >= 4 is 0 Å². The number of hydrogen-bond acceptors (Lipinski definition) is 2. The van der Waals surface area contributed by atoms with Gasteiger partial charge in [-0.25, -0.2) is 0 Å². The van der Waals surface area contributed by atoms with E-state index in [9.17, 15) is 13.2 Å². The maximum atomic E-state index is 13.2. The van der Waals surface area contributed by atoms with Crippen LogP contribution < -0.4 is 5.32 Å². The number of methoxy groups -OCH3 is 1. The summed E-state index contributed by atoms with van der Waals surface area (Å²) in [4.78, 5) is 0. The molecule has 0 bridgehead atoms. The number of benzene rings is 1. The molecule has 1 aliphatic rings. The quantitative estimate of drug-likeness (QED) is 0.845. The van der Waals surface area contributed by atoms with E-state index >= 15 is 0 Å². The summed E-state index contributed by atoms with van der Waals surface area (Å²) in [5.41, 5.74) is -0.511. The SMILES string of the molecule is CCNC(CC1(OC)CCC1)c1ccccc1C(F)(F)F. The van der Waals surface area contributed by atoms with Gasteiger partial charge in [0.2, 0.25) is 0 Å². The largest absolute Gasteiger partial charge is 0.416 e. The topological polar surface area (TPSA) is 21.3 Å². The lowest BCUT2D eigenvalue weighted by Gasteiger charge is -2.43. The minimum atomic E-state index is -4.33. The van der Waals surface area contributed by atoms with E-state index in [1.54, 1.807) is 19.2 Å². The van der Waals surface area contributed by atoms with Crippen LogP contribution in [-0.2, 0) is 10.9 Å². The Balaban J connectivity index is 2.30. The molecule has 0 saturated heterocycles. The number of nitrogens with one attached hydrogen (secondary N) is 1. The molecule has 1 aromatic carbocycles. The molecule has 1 aromatic rings. The Morgan fingerprint density at radius 1 is 1.29 bits per heavy atom. The molecule has 0 aromatic heterocycles. The van der Waals surface area contributed by atoms with Crippen molar-refractivity contribution in [3.8, 4) is 0 Å². The molecular formula is C16H22F3NO. The lowest BCUT2D eigenvalue weighted by Crippen LogP contribution is -2.43. The van der Waals surface area contributed by atoms with Crippen molar-refractivity contribution in [3.05, 3.63) is 35.4 Å². The molecule has 0 spiro atoms. The van der Waals surface area contributed by atoms with Crippen molar-refractivity contribution in [1.82, 2.24) is 5.32 Å². The molecule has 1 fully saturated rings. The molecule has 1 atom stereocenters. The highest BCUT2D eigenvalue weighted by molar-refractivity contribution is 5.33. The molecule has 2 nitrogen and oxygen atoms in total. The maximum Gasteiger partial charge on any atom is 0.416 e. The third-order valence-corrected chi connectivity index (χ3v) is 4.37. The molecule has 0 radical (unpaired) electrons. The van der Waals surface area contributed by atoms with Gasteiger partial charge in [0.05, 0.1) is 11.2 Å². The van der Waals surface area contributed by atoms with Crippen LogP contribution in [-0.4, -0.2) is 19.3 Å². The summed E-state index contributed by atoms with van der Waals surface area (Å²) in [6.07, 6.45) is -0.846. The molecule has 1 unspecified atom stereocenters. The molecule has 0 heterocycles. The third-order valence-electron chi connectivity index (χ3n) is 4.37. The first-order valence-electron chi connectivity index (χ1n) is 7.36. The van der Waals surface area contributed by atoms with Gasteiger partial charge in [-0.05, 0) is 43.9 Å². The molecule has 1 N–H and O–H groups in total. The first-order valence-corrected chi connectivity index (χ1v) is 7.36. The molecular weight excluding hydrogens is 279 g/mol. The molecule has 1 saturated carbocycles. The number of hydrogen-bond donors (Lipinski definition) is 1. The molecule has 118 valence electrons. The summed E-state index contributed by atoms with van der Waals surface area (Å²) < 4.78 is 45.2. The molecule has 2 rings (SSSR count). The smallest absolute Gasteiger partial charge is 0.378 e. The van der Waals surface area contributed by atoms with E-state index in [0.29, 0.717) is 18.5 Å². The van der Waals surface area contributed by atoms with E-state index in [4.69, 9.17) is 4.74 Å². The maximum absolute atomic E-state index is 13.2. The second-order valence-electron chi connectivity index (χ2n) is 5.64. The summed E-state index contributed by atoms with van der Waals surface area (Å²) in [6.45, 7) is 2.53. The lowest BCUT2D eigenvalue weighted by atomic mass is 9.74. The lowest BCUT2D eigenvalue weighted by molar-refractivity contribution is -0.139. The third kappa shape index (κ3) is 3.58. The number of rotatable bonds is 6. The highest BCUT2D eigenvalue weighted by Crippen LogP contribution is 2.44. The fourth-order valence-electron chi connectivity index (χ4n) is 3.03. The highest BCUT2D eigenvalue weighted by atomic mass is 19.4. The molecule has 1 aliphatic carbocycles. The van der Waals surface area contributed by atoms with Crippen LogP contribution in [0.5, 0.6) is 0 Å². The number of alkyl halides is 3. The van der Waals surface area contributed by atoms with Crippen molar-refractivity contribution in [2.24, 2.45) is 0 Å². The van der Waals surface area contributed by atoms with Crippen LogP contribution in [0.25, 0.3) is 0 Å². The summed E-state index contributed by atoms with van der Waals surface area (Å²) in [5.74, 6) is 0. The van der Waals surface area contributed by atoms with Gasteiger partial charge < -0.3 is 10.1 Å². The minimum Gasteiger partial charge on any atom is -0.378 e. The van der Waals surface area contributed by atoms with Crippen LogP contribution in [0.3, 0.4) is 0 Å². The van der Waals surface area contributed by atoms with Crippen molar-refractivity contribution in [2.75, 3.05) is 13.7 Å². The van der Waals surface area contributed by atoms with E-state index in [0.717, 1.165) is 25.3 Å². The Bertz CT molecular complexity index is 463. The standard InChI is InChI=1S/C16H22F3NO/c1-3-20-14(11-15(21-2)9-6-10-15)12-7-4-5-8-13(12)16(17,18)19/h4-5,7-8,14,20H,3,6,9-11H2,1-2H3. The van der Waals surface area contributed by atoms with Crippen molar-refractivity contribution in [2.45, 2.75) is 50.4 Å². The van der Waals surface area contributed by atoms with Gasteiger partial charge in [0, 0.05) is 13.2 Å². The van der Waals surface area contributed by atoms with Gasteiger partial charge in [0.25, 0.3) is 0 Å². The van der Waals surface area contributed by atoms with E-state index in [-0.39, 0.29) is 11.6 Å². The normalized spacial score (nSPS) is 19.1. The van der Waals surface area contributed by atoms with Gasteiger partial charge in [0.15, 0.2) is 0 Å². The average Bonchev–Trinajstić information content (AvgIpc) is 2.41. The van der Waals surface area contributed by atoms with Crippen LogP contribution in [0, 0.1) is 0 Å². The Morgan fingerprint density at radius 2 is 1.95 bits per heavy atom. The monoisotopic (exact) mass is 301 g/mol. The van der Waals surface area contributed by atoms with Gasteiger partial charge in [-0.1, -0.05) is 25.1 Å². The van der Waals surface area contributed by atoms with Gasteiger partial charge in [-0.3, -0.25) is 0 Å². The first kappa shape index (κ1) is 16.3. The zero-order valence-corrected chi connectivity index (χ0v) is 12.5.